The standard InChI is InChI=1S/C19H18FN3O2S/c1-26(24,25)15-7-8-17-16(11-15)19(22-12-21-17)23-9-3-6-18(23)13-4-2-5-14(20)10-13/h2,4-5,7-8,10-12,18H,3,6,9H2,1H3. The van der Waals surface area contributed by atoms with Crippen molar-refractivity contribution < 1.29 is 12.8 Å². The molecule has 0 bridgehead atoms. The van der Waals surface area contributed by atoms with Crippen molar-refractivity contribution in [2.75, 3.05) is 17.7 Å². The minimum absolute atomic E-state index is 0.00527. The maximum atomic E-state index is 13.7. The summed E-state index contributed by atoms with van der Waals surface area (Å²) < 4.78 is 37.5. The highest BCUT2D eigenvalue weighted by atomic mass is 32.2. The van der Waals surface area contributed by atoms with Gasteiger partial charge in [0.1, 0.15) is 18.0 Å². The van der Waals surface area contributed by atoms with E-state index >= 15 is 0 Å². The van der Waals surface area contributed by atoms with Crippen molar-refractivity contribution in [2.45, 2.75) is 23.8 Å². The van der Waals surface area contributed by atoms with Gasteiger partial charge in [0, 0.05) is 18.2 Å². The van der Waals surface area contributed by atoms with E-state index in [9.17, 15) is 12.8 Å². The fourth-order valence-electron chi connectivity index (χ4n) is 3.56. The Morgan fingerprint density at radius 3 is 2.77 bits per heavy atom. The molecule has 2 heterocycles. The molecule has 3 aromatic rings. The van der Waals surface area contributed by atoms with E-state index in [1.165, 1.54) is 18.6 Å². The van der Waals surface area contributed by atoms with E-state index in [0.717, 1.165) is 24.9 Å². The van der Waals surface area contributed by atoms with Gasteiger partial charge in [-0.2, -0.15) is 0 Å². The van der Waals surface area contributed by atoms with Crippen LogP contribution in [0.25, 0.3) is 10.9 Å². The summed E-state index contributed by atoms with van der Waals surface area (Å²) in [6.07, 6.45) is 4.51. The molecule has 1 fully saturated rings. The summed E-state index contributed by atoms with van der Waals surface area (Å²) >= 11 is 0. The van der Waals surface area contributed by atoms with Crippen molar-refractivity contribution in [2.24, 2.45) is 0 Å². The van der Waals surface area contributed by atoms with Crippen molar-refractivity contribution in [3.05, 3.63) is 60.2 Å². The van der Waals surface area contributed by atoms with Crippen LogP contribution in [0.4, 0.5) is 10.2 Å². The third-order valence-corrected chi connectivity index (χ3v) is 5.88. The summed E-state index contributed by atoms with van der Waals surface area (Å²) in [5.41, 5.74) is 1.58. The Balaban J connectivity index is 1.85. The predicted octanol–water partition coefficient (Wildman–Crippen LogP) is 3.51. The smallest absolute Gasteiger partial charge is 0.175 e. The van der Waals surface area contributed by atoms with Crippen LogP contribution in [0.5, 0.6) is 0 Å². The van der Waals surface area contributed by atoms with E-state index < -0.39 is 9.84 Å². The lowest BCUT2D eigenvalue weighted by Gasteiger charge is -2.27. The minimum Gasteiger partial charge on any atom is -0.349 e. The third kappa shape index (κ3) is 3.03. The zero-order chi connectivity index (χ0) is 18.3. The molecule has 1 aliphatic heterocycles. The second-order valence-electron chi connectivity index (χ2n) is 6.55. The highest BCUT2D eigenvalue weighted by Gasteiger charge is 2.29. The van der Waals surface area contributed by atoms with Crippen LogP contribution in [0.3, 0.4) is 0 Å². The molecule has 0 radical (unpaired) electrons. The first kappa shape index (κ1) is 16.9. The molecule has 1 saturated heterocycles. The quantitative estimate of drug-likeness (QED) is 0.705. The molecule has 0 amide bonds. The maximum Gasteiger partial charge on any atom is 0.175 e. The van der Waals surface area contributed by atoms with Gasteiger partial charge in [0.15, 0.2) is 9.84 Å². The van der Waals surface area contributed by atoms with Gasteiger partial charge in [-0.05, 0) is 48.7 Å². The van der Waals surface area contributed by atoms with Crippen molar-refractivity contribution in [3.8, 4) is 0 Å². The molecule has 134 valence electrons. The van der Waals surface area contributed by atoms with Crippen LogP contribution >= 0.6 is 0 Å². The monoisotopic (exact) mass is 371 g/mol. The lowest BCUT2D eigenvalue weighted by atomic mass is 10.0. The number of halogens is 1. The summed E-state index contributed by atoms with van der Waals surface area (Å²) in [6, 6.07) is 11.5. The molecular weight excluding hydrogens is 353 g/mol. The Hall–Kier alpha value is -2.54. The largest absolute Gasteiger partial charge is 0.349 e. The summed E-state index contributed by atoms with van der Waals surface area (Å²) in [5.74, 6) is 0.425. The van der Waals surface area contributed by atoms with E-state index in [4.69, 9.17) is 0 Å². The summed E-state index contributed by atoms with van der Waals surface area (Å²) in [6.45, 7) is 0.774. The lowest BCUT2D eigenvalue weighted by molar-refractivity contribution is 0.602. The van der Waals surface area contributed by atoms with E-state index in [1.807, 2.05) is 6.07 Å². The Morgan fingerprint density at radius 1 is 1.15 bits per heavy atom. The van der Waals surface area contributed by atoms with E-state index in [2.05, 4.69) is 14.9 Å². The van der Waals surface area contributed by atoms with E-state index in [1.54, 1.807) is 30.3 Å². The molecule has 1 aromatic heterocycles. The molecule has 7 heteroatoms. The molecule has 1 atom stereocenters. The molecular formula is C19H18FN3O2S. The van der Waals surface area contributed by atoms with Crippen LogP contribution in [0.1, 0.15) is 24.4 Å². The number of anilines is 1. The van der Waals surface area contributed by atoms with Gasteiger partial charge in [-0.1, -0.05) is 12.1 Å². The molecule has 26 heavy (non-hydrogen) atoms. The molecule has 2 aromatic carbocycles. The van der Waals surface area contributed by atoms with Gasteiger partial charge in [-0.15, -0.1) is 0 Å². The van der Waals surface area contributed by atoms with Crippen molar-refractivity contribution in [3.63, 3.8) is 0 Å². The molecule has 0 saturated carbocycles. The molecule has 5 nitrogen and oxygen atoms in total. The minimum atomic E-state index is -3.33. The van der Waals surface area contributed by atoms with E-state index in [0.29, 0.717) is 16.7 Å². The van der Waals surface area contributed by atoms with Gasteiger partial charge in [0.05, 0.1) is 16.5 Å². The van der Waals surface area contributed by atoms with Crippen LogP contribution in [0.2, 0.25) is 0 Å². The number of rotatable bonds is 3. The first-order chi connectivity index (χ1) is 12.4. The lowest BCUT2D eigenvalue weighted by Crippen LogP contribution is -2.24. The zero-order valence-corrected chi connectivity index (χ0v) is 15.1. The highest BCUT2D eigenvalue weighted by molar-refractivity contribution is 7.90. The fraction of sp³-hybridized carbons (Fsp3) is 0.263. The van der Waals surface area contributed by atoms with Crippen LogP contribution in [-0.2, 0) is 9.84 Å². The second kappa shape index (κ2) is 6.32. The molecule has 4 rings (SSSR count). The Bertz CT molecular complexity index is 1090. The summed E-state index contributed by atoms with van der Waals surface area (Å²) in [4.78, 5) is 11.0. The average Bonchev–Trinajstić information content (AvgIpc) is 3.09. The van der Waals surface area contributed by atoms with Crippen LogP contribution < -0.4 is 4.90 Å². The Labute approximate surface area is 151 Å². The van der Waals surface area contributed by atoms with Crippen molar-refractivity contribution >= 4 is 26.6 Å². The fourth-order valence-corrected chi connectivity index (χ4v) is 4.21. The average molecular weight is 371 g/mol. The second-order valence-corrected chi connectivity index (χ2v) is 8.57. The first-order valence-electron chi connectivity index (χ1n) is 8.40. The SMILES string of the molecule is CS(=O)(=O)c1ccc2ncnc(N3CCCC3c3cccc(F)c3)c2c1. The number of fused-ring (bicyclic) bond motifs is 1. The molecule has 0 aliphatic carbocycles. The topological polar surface area (TPSA) is 63.2 Å². The zero-order valence-electron chi connectivity index (χ0n) is 14.3. The summed E-state index contributed by atoms with van der Waals surface area (Å²) in [7, 11) is -3.33. The van der Waals surface area contributed by atoms with Gasteiger partial charge >= 0.3 is 0 Å². The first-order valence-corrected chi connectivity index (χ1v) is 10.3. The van der Waals surface area contributed by atoms with Gasteiger partial charge < -0.3 is 4.90 Å². The molecule has 0 N–H and O–H groups in total. The third-order valence-electron chi connectivity index (χ3n) is 4.77. The van der Waals surface area contributed by atoms with Crippen LogP contribution in [0, 0.1) is 5.82 Å². The number of hydrogen-bond donors (Lipinski definition) is 0. The Kier molecular flexibility index (Phi) is 4.11. The normalized spacial score (nSPS) is 17.8. The van der Waals surface area contributed by atoms with E-state index in [-0.39, 0.29) is 16.8 Å². The number of sulfone groups is 1. The van der Waals surface area contributed by atoms with Crippen molar-refractivity contribution in [1.29, 1.82) is 0 Å². The molecule has 1 unspecified atom stereocenters. The number of aromatic nitrogens is 2. The predicted molar refractivity (Wildman–Crippen MR) is 98.4 cm³/mol. The van der Waals surface area contributed by atoms with Crippen LogP contribution in [-0.4, -0.2) is 31.2 Å². The number of nitrogens with zero attached hydrogens (tertiary/aromatic N) is 3. The number of hydrogen-bond acceptors (Lipinski definition) is 5. The van der Waals surface area contributed by atoms with Crippen LogP contribution in [0.15, 0.2) is 53.7 Å². The Morgan fingerprint density at radius 2 is 2.00 bits per heavy atom. The maximum absolute atomic E-state index is 13.7. The molecule has 1 aliphatic rings. The molecule has 0 spiro atoms. The van der Waals surface area contributed by atoms with Gasteiger partial charge in [0.2, 0.25) is 0 Å². The highest BCUT2D eigenvalue weighted by Crippen LogP contribution is 2.38. The van der Waals surface area contributed by atoms with Gasteiger partial charge in [0.25, 0.3) is 0 Å². The number of benzene rings is 2. The van der Waals surface area contributed by atoms with Gasteiger partial charge in [-0.25, -0.2) is 22.8 Å². The van der Waals surface area contributed by atoms with Crippen molar-refractivity contribution in [1.82, 2.24) is 9.97 Å². The summed E-state index contributed by atoms with van der Waals surface area (Å²) in [5, 5.41) is 0.693. The van der Waals surface area contributed by atoms with Gasteiger partial charge in [-0.3, -0.25) is 0 Å².